The van der Waals surface area contributed by atoms with Gasteiger partial charge in [0.05, 0.1) is 5.76 Å². The van der Waals surface area contributed by atoms with Crippen LogP contribution in [0.5, 0.6) is 0 Å². The smallest absolute Gasteiger partial charge is 0.132 e. The van der Waals surface area contributed by atoms with E-state index in [1.54, 1.807) is 13.5 Å². The van der Waals surface area contributed by atoms with Crippen molar-refractivity contribution in [1.29, 1.82) is 0 Å². The maximum atomic E-state index is 4.72. The maximum absolute atomic E-state index is 4.72. The Kier molecular flexibility index (Phi) is 2.55. The third-order valence-corrected chi connectivity index (χ3v) is 0.319. The minimum absolute atomic E-state index is 0.734. The summed E-state index contributed by atoms with van der Waals surface area (Å²) in [7, 11) is 0. The van der Waals surface area contributed by atoms with E-state index in [0.717, 1.165) is 5.76 Å². The molecule has 1 heteroatoms. The topological polar surface area (TPSA) is 9.23 Å². The van der Waals surface area contributed by atoms with Crippen molar-refractivity contribution in [2.24, 2.45) is 0 Å². The van der Waals surface area contributed by atoms with Crippen LogP contribution in [0.4, 0.5) is 0 Å². The minimum Gasteiger partial charge on any atom is -0.492 e. The van der Waals surface area contributed by atoms with Crippen LogP contribution in [0.1, 0.15) is 13.8 Å². The largest absolute Gasteiger partial charge is 0.492 e. The van der Waals surface area contributed by atoms with Crippen molar-refractivity contribution >= 4 is 0 Å². The van der Waals surface area contributed by atoms with Crippen LogP contribution in [-0.4, -0.2) is 0 Å². The van der Waals surface area contributed by atoms with Crippen molar-refractivity contribution in [3.63, 3.8) is 0 Å². The van der Waals surface area contributed by atoms with Gasteiger partial charge in [-0.2, -0.15) is 0 Å². The van der Waals surface area contributed by atoms with Gasteiger partial charge in [-0.15, -0.1) is 0 Å². The zero-order valence-electron chi connectivity index (χ0n) is 4.19. The van der Waals surface area contributed by atoms with E-state index in [1.165, 1.54) is 0 Å². The van der Waals surface area contributed by atoms with Gasteiger partial charge in [0.15, 0.2) is 0 Å². The first-order valence-corrected chi connectivity index (χ1v) is 1.87. The normalized spacial score (nSPS) is 7.67. The summed E-state index contributed by atoms with van der Waals surface area (Å²) in [5.74, 6) is 0.734. The standard InChI is InChI=1S/C5H9O/c1-4-6-5(2)3/h4H,2H2,1,3H3. The second-order valence-electron chi connectivity index (χ2n) is 1.06. The molecule has 0 fully saturated rings. The molecule has 0 aromatic rings. The van der Waals surface area contributed by atoms with Gasteiger partial charge in [-0.25, -0.2) is 0 Å². The van der Waals surface area contributed by atoms with E-state index in [0.29, 0.717) is 0 Å². The van der Waals surface area contributed by atoms with E-state index >= 15 is 0 Å². The fraction of sp³-hybridized carbons (Fsp3) is 0.400. The van der Waals surface area contributed by atoms with E-state index in [2.05, 4.69) is 6.58 Å². The van der Waals surface area contributed by atoms with Crippen molar-refractivity contribution in [3.8, 4) is 0 Å². The first kappa shape index (κ1) is 5.54. The number of rotatable bonds is 2. The van der Waals surface area contributed by atoms with E-state index in [-0.39, 0.29) is 0 Å². The molecule has 0 N–H and O–H groups in total. The predicted octanol–water partition coefficient (Wildman–Crippen LogP) is 1.72. The fourth-order valence-electron chi connectivity index (χ4n) is 0.201. The lowest BCUT2D eigenvalue weighted by Crippen LogP contribution is -1.74. The molecule has 0 aliphatic heterocycles. The molecule has 0 atom stereocenters. The Bertz CT molecular complexity index is 47.9. The van der Waals surface area contributed by atoms with Crippen LogP contribution in [0.15, 0.2) is 12.3 Å². The molecule has 0 rings (SSSR count). The first-order valence-electron chi connectivity index (χ1n) is 1.87. The summed E-state index contributed by atoms with van der Waals surface area (Å²) >= 11 is 0. The summed E-state index contributed by atoms with van der Waals surface area (Å²) in [5, 5.41) is 0. The highest BCUT2D eigenvalue weighted by atomic mass is 16.5. The fourth-order valence-corrected chi connectivity index (χ4v) is 0.201. The van der Waals surface area contributed by atoms with Gasteiger partial charge >= 0.3 is 0 Å². The SMILES string of the molecule is C=C(C)O[CH]C. The molecule has 0 aromatic heterocycles. The molecule has 0 saturated carbocycles. The number of hydrogen-bond acceptors (Lipinski definition) is 1. The molecule has 0 heterocycles. The molecular formula is C5H9O. The molecular weight excluding hydrogens is 76.1 g/mol. The summed E-state index contributed by atoms with van der Waals surface area (Å²) in [6.45, 7) is 8.71. The van der Waals surface area contributed by atoms with E-state index < -0.39 is 0 Å². The molecule has 0 aromatic carbocycles. The van der Waals surface area contributed by atoms with Crippen molar-refractivity contribution in [1.82, 2.24) is 0 Å². The van der Waals surface area contributed by atoms with Crippen LogP contribution in [0.25, 0.3) is 0 Å². The summed E-state index contributed by atoms with van der Waals surface area (Å²) in [6, 6.07) is 0. The third-order valence-electron chi connectivity index (χ3n) is 0.319. The quantitative estimate of drug-likeness (QED) is 0.464. The van der Waals surface area contributed by atoms with Crippen molar-refractivity contribution in [2.75, 3.05) is 0 Å². The van der Waals surface area contributed by atoms with Crippen LogP contribution in [-0.2, 0) is 4.74 Å². The van der Waals surface area contributed by atoms with Crippen molar-refractivity contribution in [3.05, 3.63) is 18.9 Å². The number of hydrogen-bond donors (Lipinski definition) is 0. The third kappa shape index (κ3) is 3.54. The number of ether oxygens (including phenoxy) is 1. The number of allylic oxidation sites excluding steroid dienone is 1. The van der Waals surface area contributed by atoms with Gasteiger partial charge in [-0.3, -0.25) is 0 Å². The Morgan fingerprint density at radius 2 is 2.33 bits per heavy atom. The maximum Gasteiger partial charge on any atom is 0.132 e. The molecule has 35 valence electrons. The summed E-state index contributed by atoms with van der Waals surface area (Å²) in [5.41, 5.74) is 0. The van der Waals surface area contributed by atoms with Gasteiger partial charge in [0.1, 0.15) is 6.61 Å². The van der Waals surface area contributed by atoms with Gasteiger partial charge in [0.2, 0.25) is 0 Å². The average Bonchev–Trinajstić information content (AvgIpc) is 1.35. The van der Waals surface area contributed by atoms with Crippen LogP contribution in [0, 0.1) is 6.61 Å². The Morgan fingerprint density at radius 1 is 1.83 bits per heavy atom. The Morgan fingerprint density at radius 3 is 2.33 bits per heavy atom. The van der Waals surface area contributed by atoms with Crippen LogP contribution in [0.3, 0.4) is 0 Å². The molecule has 0 bridgehead atoms. The Hall–Kier alpha value is -0.460. The van der Waals surface area contributed by atoms with E-state index in [4.69, 9.17) is 4.74 Å². The van der Waals surface area contributed by atoms with Gasteiger partial charge in [-0.05, 0) is 13.8 Å². The lowest BCUT2D eigenvalue weighted by atomic mass is 10.6. The lowest BCUT2D eigenvalue weighted by molar-refractivity contribution is 0.300. The minimum atomic E-state index is 0.734. The second-order valence-corrected chi connectivity index (χ2v) is 1.06. The summed E-state index contributed by atoms with van der Waals surface area (Å²) in [6.07, 6.45) is 0. The van der Waals surface area contributed by atoms with Crippen molar-refractivity contribution in [2.45, 2.75) is 13.8 Å². The monoisotopic (exact) mass is 85.1 g/mol. The Balaban J connectivity index is 2.83. The highest BCUT2D eigenvalue weighted by Crippen LogP contribution is 1.89. The van der Waals surface area contributed by atoms with Gasteiger partial charge in [0, 0.05) is 0 Å². The molecule has 0 aliphatic carbocycles. The molecule has 0 spiro atoms. The zero-order chi connectivity index (χ0) is 4.99. The second kappa shape index (κ2) is 2.76. The predicted molar refractivity (Wildman–Crippen MR) is 25.9 cm³/mol. The van der Waals surface area contributed by atoms with E-state index in [9.17, 15) is 0 Å². The van der Waals surface area contributed by atoms with Gasteiger partial charge in [-0.1, -0.05) is 6.58 Å². The summed E-state index contributed by atoms with van der Waals surface area (Å²) < 4.78 is 4.72. The molecule has 0 amide bonds. The van der Waals surface area contributed by atoms with Crippen LogP contribution < -0.4 is 0 Å². The molecule has 0 saturated heterocycles. The van der Waals surface area contributed by atoms with E-state index in [1.807, 2.05) is 6.92 Å². The molecule has 0 aliphatic rings. The molecule has 0 unspecified atom stereocenters. The van der Waals surface area contributed by atoms with Gasteiger partial charge in [0.25, 0.3) is 0 Å². The van der Waals surface area contributed by atoms with Crippen LogP contribution in [0.2, 0.25) is 0 Å². The zero-order valence-corrected chi connectivity index (χ0v) is 4.19. The van der Waals surface area contributed by atoms with Gasteiger partial charge < -0.3 is 4.74 Å². The average molecular weight is 85.1 g/mol. The lowest BCUT2D eigenvalue weighted by Gasteiger charge is -1.94. The molecule has 1 nitrogen and oxygen atoms in total. The first-order chi connectivity index (χ1) is 2.77. The molecule has 6 heavy (non-hydrogen) atoms. The Labute approximate surface area is 38.6 Å². The van der Waals surface area contributed by atoms with Crippen LogP contribution >= 0.6 is 0 Å². The molecule has 1 radical (unpaired) electrons. The highest BCUT2D eigenvalue weighted by molar-refractivity contribution is 4.74. The summed E-state index contributed by atoms with van der Waals surface area (Å²) in [4.78, 5) is 0. The highest BCUT2D eigenvalue weighted by Gasteiger charge is 1.74. The van der Waals surface area contributed by atoms with Crippen molar-refractivity contribution < 1.29 is 4.74 Å².